The summed E-state index contributed by atoms with van der Waals surface area (Å²) in [6.07, 6.45) is -8.93. The van der Waals surface area contributed by atoms with Crippen LogP contribution in [0, 0.1) is 27.7 Å². The van der Waals surface area contributed by atoms with Gasteiger partial charge in [0, 0.05) is 31.6 Å². The Morgan fingerprint density at radius 1 is 0.600 bits per heavy atom. The molecule has 2 aromatic heterocycles. The van der Waals surface area contributed by atoms with E-state index in [1.807, 2.05) is 6.26 Å². The third-order valence-corrected chi connectivity index (χ3v) is 12.5. The van der Waals surface area contributed by atoms with Crippen LogP contribution in [0.5, 0.6) is 0 Å². The van der Waals surface area contributed by atoms with Gasteiger partial charge in [-0.1, -0.05) is 11.6 Å². The molecule has 1 aliphatic rings. The molecule has 0 radical (unpaired) electrons. The van der Waals surface area contributed by atoms with E-state index in [9.17, 15) is 70.7 Å². The van der Waals surface area contributed by atoms with Crippen molar-refractivity contribution in [2.24, 2.45) is 0 Å². The minimum atomic E-state index is -4.53. The smallest absolute Gasteiger partial charge is 0.418 e. The molecular weight excluding hydrogens is 1320 g/mol. The SMILES string of the molecule is C1CCOC1.CSCC(=O)Cc1cc(C)cc(C(F)(F)F)c1N.CSCC(=O)O.CSCc1nc2c(C(F)(F)F)cc(C)cc2[nH]1.Cc1cc(C(F)(F)F)c2nc(CS(C)(=O)=O)[nH]c2c1.Cc1cc(N)c(N)c(C(F)(F)F)c1.ClCCl.ClCCl.O. The minimum Gasteiger partial charge on any atom is -0.481 e. The highest BCUT2D eigenvalue weighted by Gasteiger charge is 2.37. The van der Waals surface area contributed by atoms with Crippen molar-refractivity contribution in [2.45, 2.75) is 83.2 Å². The van der Waals surface area contributed by atoms with Gasteiger partial charge in [0.25, 0.3) is 0 Å². The number of halogens is 16. The van der Waals surface area contributed by atoms with Crippen LogP contribution < -0.4 is 17.2 Å². The topological polar surface area (TPSA) is 265 Å². The van der Waals surface area contributed by atoms with Crippen LogP contribution in [0.1, 0.15) is 74.6 Å². The van der Waals surface area contributed by atoms with Crippen LogP contribution in [0.25, 0.3) is 22.1 Å². The summed E-state index contributed by atoms with van der Waals surface area (Å²) in [5.41, 5.74) is 14.5. The Morgan fingerprint density at radius 2 is 0.965 bits per heavy atom. The number of alkyl halides is 16. The summed E-state index contributed by atoms with van der Waals surface area (Å²) in [6.45, 7) is 8.26. The van der Waals surface area contributed by atoms with Crippen LogP contribution in [0.15, 0.2) is 48.5 Å². The largest absolute Gasteiger partial charge is 0.481 e. The fourth-order valence-electron chi connectivity index (χ4n) is 6.95. The number of rotatable bonds is 10. The van der Waals surface area contributed by atoms with Crippen molar-refractivity contribution in [1.29, 1.82) is 0 Å². The second-order valence-corrected chi connectivity index (χ2v) is 23.8. The van der Waals surface area contributed by atoms with Gasteiger partial charge in [0.1, 0.15) is 34.2 Å². The zero-order valence-corrected chi connectivity index (χ0v) is 53.0. The molecule has 1 aliphatic heterocycles. The summed E-state index contributed by atoms with van der Waals surface area (Å²) in [7, 11) is -3.36. The van der Waals surface area contributed by atoms with Crippen LogP contribution >= 0.6 is 81.7 Å². The molecule has 0 bridgehead atoms. The van der Waals surface area contributed by atoms with Crippen LogP contribution in [0.4, 0.5) is 69.7 Å². The first kappa shape index (κ1) is 82.7. The molecule has 0 unspecified atom stereocenters. The van der Waals surface area contributed by atoms with Crippen molar-refractivity contribution in [3.8, 4) is 0 Å². The van der Waals surface area contributed by atoms with Crippen LogP contribution in [0.3, 0.4) is 0 Å². The molecule has 14 nitrogen and oxygen atoms in total. The Balaban J connectivity index is 0. The molecule has 4 aromatic carbocycles. The molecular formula is C51H65Cl4F12N7O7S4. The second-order valence-electron chi connectivity index (χ2n) is 17.5. The van der Waals surface area contributed by atoms with E-state index in [1.165, 1.54) is 80.2 Å². The number of sulfone groups is 1. The van der Waals surface area contributed by atoms with E-state index in [4.69, 9.17) is 73.4 Å². The third kappa shape index (κ3) is 31.9. The number of nitrogens with two attached hydrogens (primary N) is 3. The van der Waals surface area contributed by atoms with Gasteiger partial charge in [0.2, 0.25) is 0 Å². The zero-order valence-electron chi connectivity index (χ0n) is 46.7. The maximum absolute atomic E-state index is 12.9. The Bertz CT molecular complexity index is 3120. The lowest BCUT2D eigenvalue weighted by molar-refractivity contribution is -0.137. The average molecular weight is 1390 g/mol. The second kappa shape index (κ2) is 38.8. The lowest BCUT2D eigenvalue weighted by atomic mass is 9.99. The van der Waals surface area contributed by atoms with Gasteiger partial charge in [-0.15, -0.1) is 46.4 Å². The van der Waals surface area contributed by atoms with Gasteiger partial charge in [0.05, 0.1) is 72.6 Å². The van der Waals surface area contributed by atoms with Crippen molar-refractivity contribution in [2.75, 3.05) is 77.6 Å². The molecule has 0 saturated carbocycles. The molecule has 7 rings (SSSR count). The summed E-state index contributed by atoms with van der Waals surface area (Å²) in [5.74, 6) is 0.338. The number of H-pyrrole nitrogens is 2. The van der Waals surface area contributed by atoms with E-state index in [1.54, 1.807) is 32.4 Å². The van der Waals surface area contributed by atoms with Gasteiger partial charge in [-0.3, -0.25) is 9.59 Å². The molecule has 0 aliphatic carbocycles. The van der Waals surface area contributed by atoms with E-state index in [0.717, 1.165) is 43.7 Å². The number of carbonyl (C=O) groups is 2. The first-order valence-corrected chi connectivity index (χ1v) is 32.0. The molecule has 85 heavy (non-hydrogen) atoms. The highest BCUT2D eigenvalue weighted by atomic mass is 35.5. The maximum Gasteiger partial charge on any atom is 0.418 e. The van der Waals surface area contributed by atoms with E-state index in [2.05, 4.69) is 19.9 Å². The third-order valence-electron chi connectivity index (χ3n) is 10.0. The number of carbonyl (C=O) groups excluding carboxylic acids is 1. The van der Waals surface area contributed by atoms with Crippen LogP contribution in [-0.4, -0.2) is 111 Å². The van der Waals surface area contributed by atoms with Crippen molar-refractivity contribution in [3.63, 3.8) is 0 Å². The number of aromatic nitrogens is 4. The number of aryl methyl sites for hydroxylation is 4. The Labute approximate surface area is 516 Å². The summed E-state index contributed by atoms with van der Waals surface area (Å²) < 4.78 is 179. The van der Waals surface area contributed by atoms with Crippen LogP contribution in [-0.2, 0) is 66.8 Å². The number of carboxylic acid groups (broad SMARTS) is 1. The van der Waals surface area contributed by atoms with Gasteiger partial charge in [-0.2, -0.15) is 88.0 Å². The zero-order chi connectivity index (χ0) is 65.1. The summed E-state index contributed by atoms with van der Waals surface area (Å²) in [6, 6.07) is 10.2. The summed E-state index contributed by atoms with van der Waals surface area (Å²) >= 11 is 23.2. The predicted molar refractivity (Wildman–Crippen MR) is 323 cm³/mol. The number of fused-ring (bicyclic) bond motifs is 2. The number of imidazole rings is 2. The van der Waals surface area contributed by atoms with E-state index >= 15 is 0 Å². The molecule has 1 saturated heterocycles. The number of thioether (sulfide) groups is 3. The number of hydrogen-bond donors (Lipinski definition) is 6. The number of Topliss-reactive ketones (excluding diaryl/α,β-unsaturated/α-hetero) is 1. The number of nitrogens with zero attached hydrogens (tertiary/aromatic N) is 2. The first-order chi connectivity index (χ1) is 38.6. The summed E-state index contributed by atoms with van der Waals surface area (Å²) in [4.78, 5) is 34.4. The Morgan fingerprint density at radius 3 is 1.31 bits per heavy atom. The molecule has 34 heteroatoms. The molecule has 0 atom stereocenters. The number of ketones is 1. The fourth-order valence-corrected chi connectivity index (χ4v) is 8.67. The molecule has 0 amide bonds. The standard InChI is InChI=1S/C12H14F3NOS.C11H11F3N2O2S.C11H11F3N2S.C8H9F3N2.C4H8O.C3H6O2S.2CH2Cl2.H2O/c1-7-3-8(5-9(17)6-18-2)11(16)10(4-7)12(13,14)15;1-6-3-7(11(12,13)14)10-8(4-6)15-9(16-10)5-19(2,17)18;1-6-3-7(11(12,13)14)10-8(4-6)15-9(16-10)5-17-2;1-4-2-5(8(9,10)11)7(13)6(12)3-4;1-2-4-5-3-1;1-6-2-3(4)5;2*2-1-3;/h3-4H,5-6,16H2,1-2H3;3-4H,5H2,1-2H3,(H,15,16);3-4H,5H2,1-2H3,(H,15,16);2-3H,12-13H2,1H3;1-4H2;2H2,1H3,(H,4,5);2*1H2;1H2. The number of aliphatic carboxylic acids is 1. The van der Waals surface area contributed by atoms with Crippen LogP contribution in [0.2, 0.25) is 0 Å². The van der Waals surface area contributed by atoms with Gasteiger partial charge >= 0.3 is 30.7 Å². The molecule has 11 N–H and O–H groups in total. The lowest BCUT2D eigenvalue weighted by Crippen LogP contribution is -2.14. The molecule has 3 heterocycles. The molecule has 482 valence electrons. The highest BCUT2D eigenvalue weighted by molar-refractivity contribution is 7.99. The molecule has 1 fully saturated rings. The van der Waals surface area contributed by atoms with Crippen molar-refractivity contribution in [1.82, 2.24) is 19.9 Å². The van der Waals surface area contributed by atoms with E-state index < -0.39 is 74.2 Å². The van der Waals surface area contributed by atoms with Gasteiger partial charge in [0.15, 0.2) is 9.84 Å². The fraction of sp³-hybridized carbons (Fsp3) is 0.451. The van der Waals surface area contributed by atoms with E-state index in [0.29, 0.717) is 39.3 Å². The van der Waals surface area contributed by atoms with Gasteiger partial charge in [-0.25, -0.2) is 18.4 Å². The van der Waals surface area contributed by atoms with Gasteiger partial charge < -0.3 is 42.5 Å². The number of hydrogen-bond acceptors (Lipinski definition) is 13. The number of nitrogens with one attached hydrogen (secondary N) is 2. The van der Waals surface area contributed by atoms with Gasteiger partial charge in [-0.05, 0) is 124 Å². The minimum absolute atomic E-state index is 0. The number of aromatic amines is 2. The lowest BCUT2D eigenvalue weighted by Gasteiger charge is -2.14. The molecule has 6 aromatic rings. The van der Waals surface area contributed by atoms with E-state index in [-0.39, 0.29) is 79.2 Å². The number of anilines is 3. The first-order valence-electron chi connectivity index (χ1n) is 23.7. The number of nitrogen functional groups attached to an aromatic ring is 3. The van der Waals surface area contributed by atoms with Crippen molar-refractivity contribution in [3.05, 3.63) is 110 Å². The quantitative estimate of drug-likeness (QED) is 0.0423. The Hall–Kier alpha value is -4.40. The summed E-state index contributed by atoms with van der Waals surface area (Å²) in [5, 5.41) is 8.28. The average Bonchev–Trinajstić information content (AvgIpc) is 3.01. The van der Waals surface area contributed by atoms with Crippen molar-refractivity contribution < 1.29 is 86.0 Å². The monoisotopic (exact) mass is 1380 g/mol. The molecule has 0 spiro atoms. The highest BCUT2D eigenvalue weighted by Crippen LogP contribution is 2.39. The maximum atomic E-state index is 12.9. The number of ether oxygens (including phenoxy) is 1. The van der Waals surface area contributed by atoms with Crippen molar-refractivity contribution >= 4 is 142 Å². The normalized spacial score (nSPS) is 12.0. The predicted octanol–water partition coefficient (Wildman–Crippen LogP) is 14.7. The Kier molecular flexibility index (Phi) is 37.7. The number of benzene rings is 4. The number of carboxylic acids is 1.